The topological polar surface area (TPSA) is 49.4 Å². The van der Waals surface area contributed by atoms with Crippen molar-refractivity contribution < 1.29 is 9.59 Å². The molecule has 0 aliphatic heterocycles. The van der Waals surface area contributed by atoms with Crippen LogP contribution in [0.3, 0.4) is 0 Å². The number of benzene rings is 4. The highest BCUT2D eigenvalue weighted by atomic mass is 35.5. The zero-order valence-electron chi connectivity index (χ0n) is 23.2. The van der Waals surface area contributed by atoms with Gasteiger partial charge in [-0.15, -0.1) is 0 Å². The number of carbonyl (C=O) groups is 2. The third-order valence-electron chi connectivity index (χ3n) is 7.30. The van der Waals surface area contributed by atoms with E-state index >= 15 is 0 Å². The van der Waals surface area contributed by atoms with E-state index in [2.05, 4.69) is 29.6 Å². The van der Waals surface area contributed by atoms with Crippen molar-refractivity contribution in [2.45, 2.75) is 57.7 Å². The van der Waals surface area contributed by atoms with Gasteiger partial charge in [0, 0.05) is 36.4 Å². The van der Waals surface area contributed by atoms with Crippen LogP contribution in [-0.2, 0) is 22.6 Å². The molecular formula is C35H37ClN2O2. The largest absolute Gasteiger partial charge is 0.352 e. The number of rotatable bonds is 12. The summed E-state index contributed by atoms with van der Waals surface area (Å²) in [5.41, 5.74) is 4.01. The Morgan fingerprint density at radius 3 is 1.88 bits per heavy atom. The van der Waals surface area contributed by atoms with Crippen LogP contribution < -0.4 is 5.32 Å². The van der Waals surface area contributed by atoms with Gasteiger partial charge in [0.1, 0.15) is 6.04 Å². The van der Waals surface area contributed by atoms with Crippen LogP contribution in [0.1, 0.15) is 54.9 Å². The number of nitrogens with zero attached hydrogens (tertiary/aromatic N) is 1. The van der Waals surface area contributed by atoms with Crippen LogP contribution in [0.2, 0.25) is 5.02 Å². The Kier molecular flexibility index (Phi) is 10.5. The van der Waals surface area contributed by atoms with Gasteiger partial charge < -0.3 is 10.2 Å². The number of nitrogens with one attached hydrogen (secondary N) is 1. The van der Waals surface area contributed by atoms with Crippen molar-refractivity contribution >= 4 is 23.4 Å². The van der Waals surface area contributed by atoms with Crippen LogP contribution in [0.5, 0.6) is 0 Å². The van der Waals surface area contributed by atoms with Crippen molar-refractivity contribution in [3.8, 4) is 0 Å². The first-order valence-electron chi connectivity index (χ1n) is 13.9. The molecule has 4 rings (SSSR count). The van der Waals surface area contributed by atoms with Crippen LogP contribution in [-0.4, -0.2) is 28.8 Å². The third-order valence-corrected chi connectivity index (χ3v) is 7.53. The first-order valence-corrected chi connectivity index (χ1v) is 14.3. The molecule has 2 amide bonds. The highest BCUT2D eigenvalue weighted by Gasteiger charge is 2.32. The molecule has 4 aromatic rings. The van der Waals surface area contributed by atoms with Crippen LogP contribution in [0, 0.1) is 0 Å². The molecule has 0 heterocycles. The van der Waals surface area contributed by atoms with Gasteiger partial charge >= 0.3 is 0 Å². The summed E-state index contributed by atoms with van der Waals surface area (Å²) in [6.45, 7) is 4.30. The van der Waals surface area contributed by atoms with E-state index in [1.807, 2.05) is 105 Å². The summed E-state index contributed by atoms with van der Waals surface area (Å²) in [5, 5.41) is 3.74. The van der Waals surface area contributed by atoms with Gasteiger partial charge in [0.2, 0.25) is 11.8 Å². The normalized spacial score (nSPS) is 12.5. The van der Waals surface area contributed by atoms with E-state index in [-0.39, 0.29) is 36.7 Å². The van der Waals surface area contributed by atoms with Gasteiger partial charge in [-0.2, -0.15) is 0 Å². The second-order valence-corrected chi connectivity index (χ2v) is 10.7. The van der Waals surface area contributed by atoms with Gasteiger partial charge in [-0.05, 0) is 47.7 Å². The van der Waals surface area contributed by atoms with E-state index in [9.17, 15) is 9.59 Å². The van der Waals surface area contributed by atoms with Crippen molar-refractivity contribution in [3.05, 3.63) is 143 Å². The molecule has 2 atom stereocenters. The first kappa shape index (κ1) is 29.1. The molecule has 0 spiro atoms. The summed E-state index contributed by atoms with van der Waals surface area (Å²) in [6.07, 6.45) is 1.45. The zero-order chi connectivity index (χ0) is 28.3. The average Bonchev–Trinajstić information content (AvgIpc) is 2.99. The average molecular weight is 553 g/mol. The fourth-order valence-electron chi connectivity index (χ4n) is 4.92. The monoisotopic (exact) mass is 552 g/mol. The Morgan fingerprint density at radius 2 is 1.32 bits per heavy atom. The lowest BCUT2D eigenvalue weighted by atomic mass is 9.87. The fraction of sp³-hybridized carbons (Fsp3) is 0.257. The molecule has 0 aliphatic rings. The van der Waals surface area contributed by atoms with Crippen LogP contribution >= 0.6 is 11.6 Å². The van der Waals surface area contributed by atoms with Crippen molar-refractivity contribution in [1.82, 2.24) is 10.2 Å². The molecule has 0 fully saturated rings. The number of amides is 2. The molecule has 0 bridgehead atoms. The van der Waals surface area contributed by atoms with E-state index in [1.165, 1.54) is 0 Å². The summed E-state index contributed by atoms with van der Waals surface area (Å²) in [4.78, 5) is 30.0. The first-order chi connectivity index (χ1) is 19.4. The molecule has 0 unspecified atom stereocenters. The highest BCUT2D eigenvalue weighted by molar-refractivity contribution is 6.30. The molecule has 0 saturated carbocycles. The van der Waals surface area contributed by atoms with Gasteiger partial charge in [0.15, 0.2) is 0 Å². The van der Waals surface area contributed by atoms with E-state index in [0.717, 1.165) is 28.7 Å². The minimum Gasteiger partial charge on any atom is -0.352 e. The summed E-state index contributed by atoms with van der Waals surface area (Å²) < 4.78 is 0. The molecule has 0 saturated heterocycles. The highest BCUT2D eigenvalue weighted by Crippen LogP contribution is 2.30. The predicted molar refractivity (Wildman–Crippen MR) is 163 cm³/mol. The molecule has 0 aliphatic carbocycles. The Morgan fingerprint density at radius 1 is 0.775 bits per heavy atom. The van der Waals surface area contributed by atoms with Gasteiger partial charge in [-0.25, -0.2) is 0 Å². The number of hydrogen-bond acceptors (Lipinski definition) is 2. The second kappa shape index (κ2) is 14.5. The van der Waals surface area contributed by atoms with Gasteiger partial charge in [-0.1, -0.05) is 122 Å². The van der Waals surface area contributed by atoms with Crippen molar-refractivity contribution in [1.29, 1.82) is 0 Å². The summed E-state index contributed by atoms with van der Waals surface area (Å²) in [7, 11) is 0. The van der Waals surface area contributed by atoms with E-state index in [0.29, 0.717) is 11.4 Å². The maximum atomic E-state index is 14.4. The molecule has 4 nitrogen and oxygen atoms in total. The van der Waals surface area contributed by atoms with Crippen molar-refractivity contribution in [3.63, 3.8) is 0 Å². The molecule has 1 N–H and O–H groups in total. The fourth-order valence-corrected chi connectivity index (χ4v) is 5.13. The Labute approximate surface area is 243 Å². The second-order valence-electron chi connectivity index (χ2n) is 10.3. The number of carbonyl (C=O) groups excluding carboxylic acids is 2. The van der Waals surface area contributed by atoms with E-state index in [4.69, 9.17) is 11.6 Å². The predicted octanol–water partition coefficient (Wildman–Crippen LogP) is 7.42. The Hall–Kier alpha value is -3.89. The minimum atomic E-state index is -0.685. The Balaban J connectivity index is 1.74. The lowest BCUT2D eigenvalue weighted by Gasteiger charge is -2.33. The van der Waals surface area contributed by atoms with Crippen LogP contribution in [0.25, 0.3) is 0 Å². The number of halogens is 1. The van der Waals surface area contributed by atoms with E-state index in [1.54, 1.807) is 4.90 Å². The lowest BCUT2D eigenvalue weighted by Crippen LogP contribution is -2.52. The van der Waals surface area contributed by atoms with Gasteiger partial charge in [0.25, 0.3) is 0 Å². The maximum Gasteiger partial charge on any atom is 0.243 e. The molecule has 4 aromatic carbocycles. The molecule has 0 radical (unpaired) electrons. The van der Waals surface area contributed by atoms with Gasteiger partial charge in [-0.3, -0.25) is 9.59 Å². The third kappa shape index (κ3) is 8.06. The summed E-state index contributed by atoms with van der Waals surface area (Å²) >= 11 is 6.33. The van der Waals surface area contributed by atoms with Crippen LogP contribution in [0.15, 0.2) is 115 Å². The summed E-state index contributed by atoms with van der Waals surface area (Å²) in [6, 6.07) is 36.9. The SMILES string of the molecule is CC[C@@H](C)NC(=O)[C@@H](Cc1ccccc1)N(Cc1cccc(Cl)c1)C(=O)CC(c1ccccc1)c1ccccc1. The molecule has 40 heavy (non-hydrogen) atoms. The van der Waals surface area contributed by atoms with Gasteiger partial charge in [0.05, 0.1) is 0 Å². The number of hydrogen-bond donors (Lipinski definition) is 1. The minimum absolute atomic E-state index is 0.00437. The standard InChI is InChI=1S/C35H37ClN2O2/c1-3-26(2)37-35(40)33(23-27-14-7-4-8-15-27)38(25-28-16-13-21-31(36)22-28)34(39)24-32(29-17-9-5-10-18-29)30-19-11-6-12-20-30/h4-22,26,32-33H,3,23-25H2,1-2H3,(H,37,40)/t26-,33-/m1/s1. The zero-order valence-corrected chi connectivity index (χ0v) is 23.9. The van der Waals surface area contributed by atoms with Crippen molar-refractivity contribution in [2.24, 2.45) is 0 Å². The lowest BCUT2D eigenvalue weighted by molar-refractivity contribution is -0.141. The molecule has 206 valence electrons. The smallest absolute Gasteiger partial charge is 0.243 e. The Bertz CT molecular complexity index is 1320. The molecule has 5 heteroatoms. The van der Waals surface area contributed by atoms with E-state index < -0.39 is 6.04 Å². The summed E-state index contributed by atoms with van der Waals surface area (Å²) in [5.74, 6) is -0.380. The van der Waals surface area contributed by atoms with Crippen molar-refractivity contribution in [2.75, 3.05) is 0 Å². The molecule has 0 aromatic heterocycles. The molecular weight excluding hydrogens is 516 g/mol. The van der Waals surface area contributed by atoms with Crippen LogP contribution in [0.4, 0.5) is 0 Å². The quantitative estimate of drug-likeness (QED) is 0.199. The maximum absolute atomic E-state index is 14.4.